The summed E-state index contributed by atoms with van der Waals surface area (Å²) in [5, 5.41) is 10.7. The third-order valence-corrected chi connectivity index (χ3v) is 7.90. The molecule has 2 aliphatic rings. The Morgan fingerprint density at radius 1 is 1.03 bits per heavy atom. The van der Waals surface area contributed by atoms with Crippen molar-refractivity contribution in [2.75, 3.05) is 5.73 Å². The number of thiazole rings is 1. The molecule has 6 nitrogen and oxygen atoms in total. The molecule has 32 heavy (non-hydrogen) atoms. The fourth-order valence-corrected chi connectivity index (χ4v) is 6.31. The Hall–Kier alpha value is -3.19. The van der Waals surface area contributed by atoms with Crippen molar-refractivity contribution in [2.24, 2.45) is 11.8 Å². The van der Waals surface area contributed by atoms with Gasteiger partial charge in [-0.15, -0.1) is 16.4 Å². The summed E-state index contributed by atoms with van der Waals surface area (Å²) in [4.78, 5) is 4.29. The number of nitrogens with two attached hydrogens (primary N) is 1. The molecule has 3 atom stereocenters. The normalized spacial score (nSPS) is 24.1. The summed E-state index contributed by atoms with van der Waals surface area (Å²) < 4.78 is 11.3. The zero-order chi connectivity index (χ0) is 21.5. The first kappa shape index (κ1) is 19.5. The molecule has 0 amide bonds. The molecule has 0 aliphatic heterocycles. The molecule has 0 radical (unpaired) electrons. The van der Waals surface area contributed by atoms with Gasteiger partial charge < -0.3 is 14.9 Å². The van der Waals surface area contributed by atoms with E-state index in [9.17, 15) is 0 Å². The zero-order valence-electron chi connectivity index (χ0n) is 17.6. The summed E-state index contributed by atoms with van der Waals surface area (Å²) in [7, 11) is 0. The number of nitrogens with zero attached hydrogens (tertiary/aromatic N) is 3. The molecule has 2 aliphatic carbocycles. The van der Waals surface area contributed by atoms with E-state index in [1.807, 2.05) is 11.6 Å². The van der Waals surface area contributed by atoms with E-state index in [-0.39, 0.29) is 11.4 Å². The maximum Gasteiger partial charge on any atom is 0.313 e. The van der Waals surface area contributed by atoms with Gasteiger partial charge in [0.15, 0.2) is 0 Å². The number of nitrogen functional groups attached to an aromatic ring is 1. The van der Waals surface area contributed by atoms with Gasteiger partial charge in [0.1, 0.15) is 17.4 Å². The summed E-state index contributed by atoms with van der Waals surface area (Å²) in [6.07, 6.45) is 6.95. The van der Waals surface area contributed by atoms with Crippen LogP contribution in [0.15, 0.2) is 64.5 Å². The molecule has 162 valence electrons. The number of hydrogen-bond acceptors (Lipinski definition) is 7. The third-order valence-electron chi connectivity index (χ3n) is 7.15. The van der Waals surface area contributed by atoms with E-state index >= 15 is 0 Å². The van der Waals surface area contributed by atoms with E-state index < -0.39 is 0 Å². The van der Waals surface area contributed by atoms with Crippen molar-refractivity contribution < 1.29 is 9.15 Å². The highest BCUT2D eigenvalue weighted by atomic mass is 32.1. The Bertz CT molecular complexity index is 1200. The van der Waals surface area contributed by atoms with Crippen molar-refractivity contribution in [3.8, 4) is 17.2 Å². The van der Waals surface area contributed by atoms with Crippen LogP contribution in [0.25, 0.3) is 11.5 Å². The Morgan fingerprint density at radius 2 is 1.81 bits per heavy atom. The van der Waals surface area contributed by atoms with E-state index in [1.165, 1.54) is 36.8 Å². The van der Waals surface area contributed by atoms with Crippen LogP contribution in [-0.2, 0) is 12.0 Å². The van der Waals surface area contributed by atoms with Crippen LogP contribution in [0.2, 0.25) is 0 Å². The lowest BCUT2D eigenvalue weighted by Crippen LogP contribution is -2.34. The minimum Gasteiger partial charge on any atom is -0.486 e. The lowest BCUT2D eigenvalue weighted by molar-refractivity contribution is 0.303. The third kappa shape index (κ3) is 3.28. The van der Waals surface area contributed by atoms with Gasteiger partial charge in [0.05, 0.1) is 0 Å². The molecule has 2 N–H and O–H groups in total. The molecule has 2 aromatic heterocycles. The fraction of sp³-hybridized carbons (Fsp3) is 0.320. The first-order valence-electron chi connectivity index (χ1n) is 11.0. The van der Waals surface area contributed by atoms with E-state index in [4.69, 9.17) is 14.9 Å². The summed E-state index contributed by atoms with van der Waals surface area (Å²) in [5.74, 6) is 2.81. The Labute approximate surface area is 190 Å². The number of anilines is 1. The van der Waals surface area contributed by atoms with Gasteiger partial charge >= 0.3 is 6.01 Å². The average Bonchev–Trinajstić information content (AvgIpc) is 3.63. The van der Waals surface area contributed by atoms with Gasteiger partial charge in [-0.25, -0.2) is 4.98 Å². The SMILES string of the molecule is Nc1nnc(-c2ccc([C@]3(c4ccc(OCc5nccs5)cc4)C[C@@H]4CC[C@H]3C4)cc2)o1. The molecule has 0 unspecified atom stereocenters. The Balaban J connectivity index is 1.30. The second-order valence-corrected chi connectivity index (χ2v) is 9.79. The minimum absolute atomic E-state index is 0.0448. The van der Waals surface area contributed by atoms with Crippen molar-refractivity contribution >= 4 is 17.4 Å². The van der Waals surface area contributed by atoms with Crippen LogP contribution in [0.3, 0.4) is 0 Å². The Morgan fingerprint density at radius 3 is 2.41 bits per heavy atom. The average molecular weight is 445 g/mol. The first-order chi connectivity index (χ1) is 15.7. The molecular formula is C25H24N4O2S. The van der Waals surface area contributed by atoms with Crippen LogP contribution in [0.1, 0.15) is 41.8 Å². The van der Waals surface area contributed by atoms with E-state index in [0.29, 0.717) is 18.4 Å². The highest BCUT2D eigenvalue weighted by molar-refractivity contribution is 7.09. The number of hydrogen-bond donors (Lipinski definition) is 1. The number of ether oxygens (including phenoxy) is 1. The van der Waals surface area contributed by atoms with Crippen LogP contribution in [0.4, 0.5) is 6.01 Å². The molecular weight excluding hydrogens is 420 g/mol. The monoisotopic (exact) mass is 444 g/mol. The molecule has 0 saturated heterocycles. The van der Waals surface area contributed by atoms with Gasteiger partial charge in [-0.3, -0.25) is 0 Å². The smallest absolute Gasteiger partial charge is 0.313 e. The summed E-state index contributed by atoms with van der Waals surface area (Å²) >= 11 is 1.61. The van der Waals surface area contributed by atoms with Crippen molar-refractivity contribution in [1.29, 1.82) is 0 Å². The number of fused-ring (bicyclic) bond motifs is 2. The van der Waals surface area contributed by atoms with Gasteiger partial charge in [-0.2, -0.15) is 0 Å². The second kappa shape index (κ2) is 7.74. The molecule has 6 rings (SSSR count). The first-order valence-corrected chi connectivity index (χ1v) is 11.9. The van der Waals surface area contributed by atoms with Crippen LogP contribution < -0.4 is 10.5 Å². The van der Waals surface area contributed by atoms with E-state index in [0.717, 1.165) is 22.2 Å². The van der Waals surface area contributed by atoms with Crippen molar-refractivity contribution in [3.05, 3.63) is 76.2 Å². The highest BCUT2D eigenvalue weighted by Crippen LogP contribution is 2.60. The highest BCUT2D eigenvalue weighted by Gasteiger charge is 2.52. The van der Waals surface area contributed by atoms with Crippen LogP contribution in [0.5, 0.6) is 5.75 Å². The lowest BCUT2D eigenvalue weighted by Gasteiger charge is -2.39. The standard InChI is InChI=1S/C25H24N4O2S/c26-24-29-28-23(31-24)17-2-5-18(6-3-17)25(14-16-1-4-20(25)13-16)19-7-9-21(10-8-19)30-15-22-27-11-12-32-22/h2-3,5-12,16,20H,1,4,13-15H2,(H2,26,29)/t16-,20+,25+/m1/s1. The predicted molar refractivity (Wildman–Crippen MR) is 123 cm³/mol. The summed E-state index contributed by atoms with van der Waals surface area (Å²) in [6, 6.07) is 17.4. The van der Waals surface area contributed by atoms with E-state index in [2.05, 4.69) is 63.7 Å². The fourth-order valence-electron chi connectivity index (χ4n) is 5.78. The number of aromatic nitrogens is 3. The number of benzene rings is 2. The molecule has 2 fully saturated rings. The lowest BCUT2D eigenvalue weighted by atomic mass is 9.64. The molecule has 2 bridgehead atoms. The van der Waals surface area contributed by atoms with Gasteiger partial charge in [0.25, 0.3) is 0 Å². The maximum absolute atomic E-state index is 5.95. The molecule has 2 aromatic carbocycles. The molecule has 2 heterocycles. The molecule has 4 aromatic rings. The van der Waals surface area contributed by atoms with Crippen molar-refractivity contribution in [3.63, 3.8) is 0 Å². The largest absolute Gasteiger partial charge is 0.486 e. The summed E-state index contributed by atoms with van der Waals surface area (Å²) in [6.45, 7) is 0.508. The van der Waals surface area contributed by atoms with Crippen molar-refractivity contribution in [2.45, 2.75) is 37.7 Å². The van der Waals surface area contributed by atoms with Crippen LogP contribution in [0, 0.1) is 11.8 Å². The topological polar surface area (TPSA) is 87.1 Å². The summed E-state index contributed by atoms with van der Waals surface area (Å²) in [5.41, 5.74) is 9.26. The molecule has 7 heteroatoms. The van der Waals surface area contributed by atoms with Crippen molar-refractivity contribution in [1.82, 2.24) is 15.2 Å². The predicted octanol–water partition coefficient (Wildman–Crippen LogP) is 5.46. The van der Waals surface area contributed by atoms with Crippen LogP contribution >= 0.6 is 11.3 Å². The second-order valence-electron chi connectivity index (χ2n) is 8.81. The van der Waals surface area contributed by atoms with E-state index in [1.54, 1.807) is 11.3 Å². The van der Waals surface area contributed by atoms with Gasteiger partial charge in [0.2, 0.25) is 5.89 Å². The van der Waals surface area contributed by atoms with Gasteiger partial charge in [-0.1, -0.05) is 35.8 Å². The van der Waals surface area contributed by atoms with Gasteiger partial charge in [0, 0.05) is 22.6 Å². The Kier molecular flexibility index (Phi) is 4.72. The quantitative estimate of drug-likeness (QED) is 0.425. The number of rotatable bonds is 6. The maximum atomic E-state index is 5.95. The molecule has 2 saturated carbocycles. The van der Waals surface area contributed by atoms with Crippen LogP contribution in [-0.4, -0.2) is 15.2 Å². The minimum atomic E-state index is 0.0448. The zero-order valence-corrected chi connectivity index (χ0v) is 18.4. The molecule has 0 spiro atoms. The van der Waals surface area contributed by atoms with Gasteiger partial charge in [-0.05, 0) is 66.5 Å².